The van der Waals surface area contributed by atoms with Crippen molar-refractivity contribution >= 4 is 11.9 Å². The van der Waals surface area contributed by atoms with E-state index in [0.717, 1.165) is 6.54 Å². The Morgan fingerprint density at radius 1 is 1.27 bits per heavy atom. The van der Waals surface area contributed by atoms with E-state index in [4.69, 9.17) is 0 Å². The molecule has 3 amide bonds. The molecule has 0 aliphatic carbocycles. The largest absolute Gasteiger partial charge is 0.394 e. The Morgan fingerprint density at radius 3 is 2.45 bits per heavy atom. The van der Waals surface area contributed by atoms with Gasteiger partial charge in [-0.25, -0.2) is 4.79 Å². The summed E-state index contributed by atoms with van der Waals surface area (Å²) in [5.74, 6) is 0.0167. The summed E-state index contributed by atoms with van der Waals surface area (Å²) in [6.45, 7) is 10.5. The average Bonchev–Trinajstić information content (AvgIpc) is 2.45. The Bertz CT molecular complexity index is 443. The van der Waals surface area contributed by atoms with E-state index in [1.165, 1.54) is 0 Å². The van der Waals surface area contributed by atoms with Gasteiger partial charge < -0.3 is 20.2 Å². The number of amides is 3. The predicted octanol–water partition coefficient (Wildman–Crippen LogP) is -0.296. The molecule has 0 unspecified atom stereocenters. The topological polar surface area (TPSA) is 76.1 Å². The lowest BCUT2D eigenvalue weighted by Crippen LogP contribution is -2.73. The van der Waals surface area contributed by atoms with E-state index in [0.29, 0.717) is 26.2 Å². The highest BCUT2D eigenvalue weighted by Crippen LogP contribution is 2.28. The number of urea groups is 1. The number of rotatable bonds is 2. The number of carbonyl (C=O) groups excluding carboxylic acids is 2. The van der Waals surface area contributed by atoms with Gasteiger partial charge in [-0.2, -0.15) is 0 Å². The van der Waals surface area contributed by atoms with Crippen LogP contribution in [0, 0.1) is 0 Å². The third-order valence-electron chi connectivity index (χ3n) is 4.62. The van der Waals surface area contributed by atoms with E-state index in [-0.39, 0.29) is 30.6 Å². The summed E-state index contributed by atoms with van der Waals surface area (Å²) in [7, 11) is 0. The number of piperazine rings is 2. The molecule has 2 heterocycles. The lowest BCUT2D eigenvalue weighted by Gasteiger charge is -2.55. The molecule has 0 aromatic heterocycles. The molecular formula is C15H28N4O3. The first-order valence-corrected chi connectivity index (χ1v) is 7.95. The van der Waals surface area contributed by atoms with E-state index in [2.05, 4.69) is 10.2 Å². The molecule has 0 radical (unpaired) electrons. The van der Waals surface area contributed by atoms with Crippen molar-refractivity contribution in [3.05, 3.63) is 0 Å². The fraction of sp³-hybridized carbons (Fsp3) is 0.867. The maximum absolute atomic E-state index is 12.2. The number of aliphatic hydroxyl groups excluding tert-OH is 1. The van der Waals surface area contributed by atoms with Gasteiger partial charge in [-0.3, -0.25) is 9.69 Å². The van der Waals surface area contributed by atoms with Crippen LogP contribution in [0.25, 0.3) is 0 Å². The highest BCUT2D eigenvalue weighted by molar-refractivity contribution is 5.75. The van der Waals surface area contributed by atoms with Crippen molar-refractivity contribution in [3.63, 3.8) is 0 Å². The van der Waals surface area contributed by atoms with Crippen LogP contribution >= 0.6 is 0 Å². The zero-order valence-electron chi connectivity index (χ0n) is 14.0. The summed E-state index contributed by atoms with van der Waals surface area (Å²) < 4.78 is 0. The summed E-state index contributed by atoms with van der Waals surface area (Å²) in [6.07, 6.45) is 0. The fourth-order valence-electron chi connectivity index (χ4n) is 3.45. The van der Waals surface area contributed by atoms with E-state index < -0.39 is 5.54 Å². The van der Waals surface area contributed by atoms with Crippen molar-refractivity contribution in [2.75, 3.05) is 39.3 Å². The quantitative estimate of drug-likeness (QED) is 0.734. The molecule has 7 nitrogen and oxygen atoms in total. The van der Waals surface area contributed by atoms with Crippen LogP contribution in [-0.4, -0.2) is 88.7 Å². The highest BCUT2D eigenvalue weighted by Gasteiger charge is 2.46. The molecule has 2 atom stereocenters. The van der Waals surface area contributed by atoms with Gasteiger partial charge in [0.25, 0.3) is 0 Å². The van der Waals surface area contributed by atoms with Gasteiger partial charge in [0.2, 0.25) is 5.91 Å². The van der Waals surface area contributed by atoms with Crippen LogP contribution in [0.3, 0.4) is 0 Å². The lowest BCUT2D eigenvalue weighted by atomic mass is 9.91. The van der Waals surface area contributed by atoms with Crippen LogP contribution in [0.2, 0.25) is 0 Å². The SMILES string of the molecule is CC(=O)N1C[C@@H]2CN(C(=O)NC(C)C)CCN2[C@](C)(CO)C1. The smallest absolute Gasteiger partial charge is 0.317 e. The van der Waals surface area contributed by atoms with E-state index in [9.17, 15) is 14.7 Å². The molecule has 2 N–H and O–H groups in total. The molecule has 0 aromatic carbocycles. The molecular weight excluding hydrogens is 284 g/mol. The zero-order chi connectivity index (χ0) is 16.5. The zero-order valence-corrected chi connectivity index (χ0v) is 14.0. The standard InChI is InChI=1S/C15H28N4O3/c1-11(2)16-14(22)17-5-6-19-13(7-17)8-18(12(3)21)9-15(19,4)10-20/h11,13,20H,5-10H2,1-4H3,(H,16,22)/t13-,15-/m0/s1. The van der Waals surface area contributed by atoms with E-state index in [1.54, 1.807) is 11.8 Å². The van der Waals surface area contributed by atoms with Crippen LogP contribution in [0.1, 0.15) is 27.7 Å². The van der Waals surface area contributed by atoms with Crippen LogP contribution in [-0.2, 0) is 4.79 Å². The first kappa shape index (κ1) is 17.0. The third-order valence-corrected chi connectivity index (χ3v) is 4.62. The monoisotopic (exact) mass is 312 g/mol. The number of fused-ring (bicyclic) bond motifs is 1. The Morgan fingerprint density at radius 2 is 1.91 bits per heavy atom. The predicted molar refractivity (Wildman–Crippen MR) is 83.5 cm³/mol. The molecule has 0 bridgehead atoms. The highest BCUT2D eigenvalue weighted by atomic mass is 16.3. The summed E-state index contributed by atoms with van der Waals surface area (Å²) in [5.41, 5.74) is -0.435. The normalized spacial score (nSPS) is 29.5. The van der Waals surface area contributed by atoms with Crippen molar-refractivity contribution in [1.29, 1.82) is 0 Å². The van der Waals surface area contributed by atoms with Crippen LogP contribution < -0.4 is 5.32 Å². The molecule has 126 valence electrons. The van der Waals surface area contributed by atoms with Crippen LogP contribution in [0.15, 0.2) is 0 Å². The van der Waals surface area contributed by atoms with Gasteiger partial charge in [-0.05, 0) is 20.8 Å². The number of hydrogen-bond acceptors (Lipinski definition) is 4. The van der Waals surface area contributed by atoms with Gasteiger partial charge in [0.15, 0.2) is 0 Å². The van der Waals surface area contributed by atoms with Crippen molar-refractivity contribution in [3.8, 4) is 0 Å². The molecule has 2 aliphatic rings. The Kier molecular flexibility index (Phi) is 4.97. The van der Waals surface area contributed by atoms with Gasteiger partial charge in [0.1, 0.15) is 0 Å². The Hall–Kier alpha value is -1.34. The van der Waals surface area contributed by atoms with Crippen molar-refractivity contribution in [2.45, 2.75) is 45.3 Å². The average molecular weight is 312 g/mol. The van der Waals surface area contributed by atoms with E-state index in [1.807, 2.05) is 25.7 Å². The molecule has 2 aliphatic heterocycles. The number of nitrogens with zero attached hydrogens (tertiary/aromatic N) is 3. The second-order valence-electron chi connectivity index (χ2n) is 6.95. The second-order valence-corrected chi connectivity index (χ2v) is 6.95. The molecule has 0 aromatic rings. The van der Waals surface area contributed by atoms with Crippen molar-refractivity contribution < 1.29 is 14.7 Å². The molecule has 0 saturated carbocycles. The molecule has 7 heteroatoms. The van der Waals surface area contributed by atoms with Gasteiger partial charge in [-0.1, -0.05) is 0 Å². The molecule has 0 spiro atoms. The van der Waals surface area contributed by atoms with Gasteiger partial charge in [-0.15, -0.1) is 0 Å². The molecule has 2 saturated heterocycles. The molecule has 2 rings (SSSR count). The first-order valence-electron chi connectivity index (χ1n) is 7.95. The van der Waals surface area contributed by atoms with Gasteiger partial charge in [0.05, 0.1) is 12.1 Å². The first-order chi connectivity index (χ1) is 10.3. The number of nitrogens with one attached hydrogen (secondary N) is 1. The number of carbonyl (C=O) groups is 2. The third kappa shape index (κ3) is 3.35. The summed E-state index contributed by atoms with van der Waals surface area (Å²) in [5, 5.41) is 12.7. The van der Waals surface area contributed by atoms with Crippen molar-refractivity contribution in [2.24, 2.45) is 0 Å². The Labute approximate surface area is 132 Å². The van der Waals surface area contributed by atoms with Crippen LogP contribution in [0.4, 0.5) is 4.79 Å². The number of aliphatic hydroxyl groups is 1. The maximum Gasteiger partial charge on any atom is 0.317 e. The second kappa shape index (κ2) is 6.42. The summed E-state index contributed by atoms with van der Waals surface area (Å²) in [6, 6.07) is 0.120. The Balaban J connectivity index is 2.11. The fourth-order valence-corrected chi connectivity index (χ4v) is 3.45. The van der Waals surface area contributed by atoms with Crippen molar-refractivity contribution in [1.82, 2.24) is 20.0 Å². The summed E-state index contributed by atoms with van der Waals surface area (Å²) >= 11 is 0. The molecule has 22 heavy (non-hydrogen) atoms. The number of hydrogen-bond donors (Lipinski definition) is 2. The lowest BCUT2D eigenvalue weighted by molar-refractivity contribution is -0.142. The summed E-state index contributed by atoms with van der Waals surface area (Å²) in [4.78, 5) is 29.8. The van der Waals surface area contributed by atoms with Crippen LogP contribution in [0.5, 0.6) is 0 Å². The minimum atomic E-state index is -0.435. The minimum absolute atomic E-state index is 0.00543. The van der Waals surface area contributed by atoms with Gasteiger partial charge >= 0.3 is 6.03 Å². The minimum Gasteiger partial charge on any atom is -0.394 e. The van der Waals surface area contributed by atoms with E-state index >= 15 is 0 Å². The van der Waals surface area contributed by atoms with Gasteiger partial charge in [0, 0.05) is 51.7 Å². The maximum atomic E-state index is 12.2. The molecule has 2 fully saturated rings.